The molecule has 1 unspecified atom stereocenters. The van der Waals surface area contributed by atoms with Gasteiger partial charge in [-0.3, -0.25) is 19.9 Å². The van der Waals surface area contributed by atoms with Crippen molar-refractivity contribution in [2.24, 2.45) is 4.99 Å². The molecule has 6 nitrogen and oxygen atoms in total. The average Bonchev–Trinajstić information content (AvgIpc) is 2.58. The molecule has 118 valence electrons. The van der Waals surface area contributed by atoms with E-state index < -0.39 is 10.6 Å². The van der Waals surface area contributed by atoms with E-state index >= 15 is 0 Å². The monoisotopic (exact) mass is 319 g/mol. The van der Waals surface area contributed by atoms with Gasteiger partial charge in [0.25, 0.3) is 5.69 Å². The van der Waals surface area contributed by atoms with Crippen LogP contribution in [0.25, 0.3) is 0 Å². The molecular formula is C18H13N3O3. The predicted molar refractivity (Wildman–Crippen MR) is 90.5 cm³/mol. The van der Waals surface area contributed by atoms with Crippen LogP contribution in [0, 0.1) is 10.1 Å². The highest BCUT2D eigenvalue weighted by molar-refractivity contribution is 6.26. The second kappa shape index (κ2) is 4.86. The number of benzene rings is 2. The highest BCUT2D eigenvalue weighted by Crippen LogP contribution is 2.38. The average molecular weight is 319 g/mol. The van der Waals surface area contributed by atoms with Crippen LogP contribution in [0.5, 0.6) is 0 Å². The fourth-order valence-corrected chi connectivity index (χ4v) is 3.13. The van der Waals surface area contributed by atoms with Crippen molar-refractivity contribution in [3.05, 3.63) is 81.4 Å². The quantitative estimate of drug-likeness (QED) is 0.679. The van der Waals surface area contributed by atoms with Crippen molar-refractivity contribution >= 4 is 22.9 Å². The highest BCUT2D eigenvalue weighted by atomic mass is 16.6. The number of nitrogens with one attached hydrogen (secondary N) is 1. The van der Waals surface area contributed by atoms with Gasteiger partial charge in [0, 0.05) is 28.9 Å². The van der Waals surface area contributed by atoms with Crippen LogP contribution in [0.3, 0.4) is 0 Å². The zero-order valence-corrected chi connectivity index (χ0v) is 12.8. The van der Waals surface area contributed by atoms with E-state index in [2.05, 4.69) is 5.32 Å². The van der Waals surface area contributed by atoms with Crippen LogP contribution >= 0.6 is 0 Å². The number of hydrogen-bond donors (Lipinski definition) is 1. The zero-order chi connectivity index (χ0) is 16.9. The first kappa shape index (κ1) is 14.3. The van der Waals surface area contributed by atoms with E-state index in [9.17, 15) is 14.9 Å². The van der Waals surface area contributed by atoms with Gasteiger partial charge in [0.05, 0.1) is 10.6 Å². The zero-order valence-electron chi connectivity index (χ0n) is 12.8. The molecule has 0 aromatic heterocycles. The summed E-state index contributed by atoms with van der Waals surface area (Å²) >= 11 is 0. The van der Waals surface area contributed by atoms with Gasteiger partial charge >= 0.3 is 0 Å². The minimum atomic E-state index is -0.763. The molecule has 0 fully saturated rings. The van der Waals surface area contributed by atoms with Crippen molar-refractivity contribution in [2.45, 2.75) is 12.6 Å². The minimum Gasteiger partial charge on any atom is -0.357 e. The number of carbonyl (C=O) groups excluding carboxylic acids is 1. The molecule has 2 aromatic carbocycles. The molecule has 1 heterocycles. The molecule has 2 aliphatic rings. The van der Waals surface area contributed by atoms with Gasteiger partial charge in [0.2, 0.25) is 0 Å². The molecule has 1 atom stereocenters. The lowest BCUT2D eigenvalue weighted by Crippen LogP contribution is -2.36. The van der Waals surface area contributed by atoms with Gasteiger partial charge in [-0.1, -0.05) is 12.1 Å². The standard InChI is InChI=1S/C18H13N3O3/c1-18(11-5-7-12(8-6-11)21(23)24)19-14-4-2-3-13-16(22)10-9-15(20-18)17(13)14/h2-10,19H,1H3. The van der Waals surface area contributed by atoms with Crippen LogP contribution < -0.4 is 5.32 Å². The summed E-state index contributed by atoms with van der Waals surface area (Å²) in [5, 5.41) is 14.2. The SMILES string of the molecule is CC1(c2ccc([N+](=O)[O-])cc2)N=C2C=CC(=O)c3cccc(c32)N1. The van der Waals surface area contributed by atoms with Gasteiger partial charge in [-0.25, -0.2) is 0 Å². The maximum atomic E-state index is 12.0. The Balaban J connectivity index is 1.84. The van der Waals surface area contributed by atoms with Crippen LogP contribution in [0.15, 0.2) is 59.6 Å². The fourth-order valence-electron chi connectivity index (χ4n) is 3.13. The number of rotatable bonds is 2. The maximum absolute atomic E-state index is 12.0. The van der Waals surface area contributed by atoms with Gasteiger partial charge in [0.15, 0.2) is 11.4 Å². The smallest absolute Gasteiger partial charge is 0.269 e. The summed E-state index contributed by atoms with van der Waals surface area (Å²) in [6.45, 7) is 1.90. The largest absolute Gasteiger partial charge is 0.357 e. The van der Waals surface area contributed by atoms with E-state index in [4.69, 9.17) is 4.99 Å². The normalized spacial score (nSPS) is 20.9. The topological polar surface area (TPSA) is 84.6 Å². The first-order valence-corrected chi connectivity index (χ1v) is 7.47. The van der Waals surface area contributed by atoms with Crippen molar-refractivity contribution in [2.75, 3.05) is 5.32 Å². The Morgan fingerprint density at radius 3 is 2.58 bits per heavy atom. The number of nitro groups is 1. The number of anilines is 1. The number of nitro benzene ring substituents is 1. The Morgan fingerprint density at radius 2 is 1.88 bits per heavy atom. The molecule has 1 aliphatic carbocycles. The number of non-ortho nitro benzene ring substituents is 1. The molecule has 0 bridgehead atoms. The highest BCUT2D eigenvalue weighted by Gasteiger charge is 2.34. The summed E-state index contributed by atoms with van der Waals surface area (Å²) in [7, 11) is 0. The molecular weight excluding hydrogens is 306 g/mol. The summed E-state index contributed by atoms with van der Waals surface area (Å²) in [5.41, 5.74) is 3.09. The Morgan fingerprint density at radius 1 is 1.12 bits per heavy atom. The molecule has 2 aromatic rings. The Kier molecular flexibility index (Phi) is 2.90. The van der Waals surface area contributed by atoms with Crippen LogP contribution in [-0.2, 0) is 5.66 Å². The lowest BCUT2D eigenvalue weighted by atomic mass is 9.88. The Bertz CT molecular complexity index is 944. The number of aliphatic imine (C=N–C) groups is 1. The maximum Gasteiger partial charge on any atom is 0.269 e. The molecule has 0 spiro atoms. The third-order valence-corrected chi connectivity index (χ3v) is 4.34. The number of carbonyl (C=O) groups is 1. The first-order chi connectivity index (χ1) is 11.5. The summed E-state index contributed by atoms with van der Waals surface area (Å²) in [6.07, 6.45) is 3.24. The summed E-state index contributed by atoms with van der Waals surface area (Å²) in [4.78, 5) is 27.2. The molecule has 0 radical (unpaired) electrons. The second-order valence-electron chi connectivity index (χ2n) is 5.92. The minimum absolute atomic E-state index is 0.0356. The molecule has 0 saturated heterocycles. The van der Waals surface area contributed by atoms with Crippen LogP contribution in [0.2, 0.25) is 0 Å². The van der Waals surface area contributed by atoms with Crippen molar-refractivity contribution in [1.82, 2.24) is 0 Å². The van der Waals surface area contributed by atoms with E-state index in [-0.39, 0.29) is 11.5 Å². The Hall–Kier alpha value is -3.28. The van der Waals surface area contributed by atoms with E-state index in [1.807, 2.05) is 19.1 Å². The van der Waals surface area contributed by atoms with E-state index in [0.29, 0.717) is 5.56 Å². The van der Waals surface area contributed by atoms with Gasteiger partial charge in [-0.05, 0) is 42.8 Å². The molecule has 24 heavy (non-hydrogen) atoms. The molecule has 1 N–H and O–H groups in total. The third kappa shape index (κ3) is 2.04. The van der Waals surface area contributed by atoms with Gasteiger partial charge < -0.3 is 5.32 Å². The summed E-state index contributed by atoms with van der Waals surface area (Å²) < 4.78 is 0. The van der Waals surface area contributed by atoms with Gasteiger partial charge in [-0.15, -0.1) is 0 Å². The predicted octanol–water partition coefficient (Wildman–Crippen LogP) is 3.43. The second-order valence-corrected chi connectivity index (χ2v) is 5.92. The van der Waals surface area contributed by atoms with Crippen LogP contribution in [0.4, 0.5) is 11.4 Å². The fraction of sp³-hybridized carbons (Fsp3) is 0.111. The van der Waals surface area contributed by atoms with Crippen LogP contribution in [-0.4, -0.2) is 16.4 Å². The number of ketones is 1. The molecule has 6 heteroatoms. The summed E-state index contributed by atoms with van der Waals surface area (Å²) in [5.74, 6) is -0.0356. The van der Waals surface area contributed by atoms with Crippen molar-refractivity contribution in [3.63, 3.8) is 0 Å². The van der Waals surface area contributed by atoms with E-state index in [1.54, 1.807) is 24.3 Å². The first-order valence-electron chi connectivity index (χ1n) is 7.47. The van der Waals surface area contributed by atoms with Crippen molar-refractivity contribution in [1.29, 1.82) is 0 Å². The summed E-state index contributed by atoms with van der Waals surface area (Å²) in [6, 6.07) is 11.9. The number of hydrogen-bond acceptors (Lipinski definition) is 5. The van der Waals surface area contributed by atoms with Gasteiger partial charge in [-0.2, -0.15) is 0 Å². The molecule has 0 saturated carbocycles. The lowest BCUT2D eigenvalue weighted by molar-refractivity contribution is -0.384. The molecule has 4 rings (SSSR count). The van der Waals surface area contributed by atoms with E-state index in [1.165, 1.54) is 18.2 Å². The molecule has 1 aliphatic heterocycles. The van der Waals surface area contributed by atoms with Crippen LogP contribution in [0.1, 0.15) is 28.4 Å². The number of nitrogens with zero attached hydrogens (tertiary/aromatic N) is 2. The number of allylic oxidation sites excluding steroid dienone is 2. The third-order valence-electron chi connectivity index (χ3n) is 4.34. The van der Waals surface area contributed by atoms with Crippen molar-refractivity contribution in [3.8, 4) is 0 Å². The Labute approximate surface area is 137 Å². The van der Waals surface area contributed by atoms with Gasteiger partial charge in [0.1, 0.15) is 0 Å². The van der Waals surface area contributed by atoms with E-state index in [0.717, 1.165) is 22.5 Å². The van der Waals surface area contributed by atoms with Crippen molar-refractivity contribution < 1.29 is 9.72 Å². The lowest BCUT2D eigenvalue weighted by Gasteiger charge is -2.35. The molecule has 0 amide bonds.